The van der Waals surface area contributed by atoms with Crippen LogP contribution >= 0.6 is 0 Å². The molecular formula is C31H22N4O7. The second kappa shape index (κ2) is 12.6. The molecular weight excluding hydrogens is 540 g/mol. The molecule has 1 aromatic heterocycles. The average Bonchev–Trinajstić information content (AvgIpc) is 3.61. The van der Waals surface area contributed by atoms with E-state index in [0.29, 0.717) is 0 Å². The van der Waals surface area contributed by atoms with Crippen molar-refractivity contribution in [1.82, 2.24) is 9.55 Å². The van der Waals surface area contributed by atoms with Gasteiger partial charge in [0.2, 0.25) is 0 Å². The molecule has 2 heterocycles. The van der Waals surface area contributed by atoms with Gasteiger partial charge in [-0.3, -0.25) is 4.57 Å². The molecule has 42 heavy (non-hydrogen) atoms. The zero-order valence-corrected chi connectivity index (χ0v) is 21.9. The molecule has 1 aliphatic rings. The maximum atomic E-state index is 13.2. The Labute approximate surface area is 240 Å². The molecule has 0 aliphatic carbocycles. The number of nitriles is 2. The van der Waals surface area contributed by atoms with Gasteiger partial charge in [-0.15, -0.1) is 0 Å². The Morgan fingerprint density at radius 1 is 0.738 bits per heavy atom. The molecule has 3 aromatic carbocycles. The first-order chi connectivity index (χ1) is 20.5. The summed E-state index contributed by atoms with van der Waals surface area (Å²) < 4.78 is 24.6. The van der Waals surface area contributed by atoms with E-state index in [1.807, 2.05) is 12.1 Å². The van der Waals surface area contributed by atoms with Gasteiger partial charge in [-0.05, 0) is 36.4 Å². The number of hydrogen-bond acceptors (Lipinski definition) is 10. The Bertz CT molecular complexity index is 1660. The molecule has 4 aromatic rings. The molecule has 0 saturated carbocycles. The van der Waals surface area contributed by atoms with E-state index in [2.05, 4.69) is 4.98 Å². The van der Waals surface area contributed by atoms with Gasteiger partial charge in [0.05, 0.1) is 23.0 Å². The summed E-state index contributed by atoms with van der Waals surface area (Å²) in [5, 5.41) is 19.2. The highest BCUT2D eigenvalue weighted by Crippen LogP contribution is 2.36. The van der Waals surface area contributed by atoms with Crippen LogP contribution in [0.1, 0.15) is 48.7 Å². The minimum Gasteiger partial charge on any atom is -0.459 e. The van der Waals surface area contributed by atoms with Crippen molar-refractivity contribution in [2.45, 2.75) is 24.5 Å². The van der Waals surface area contributed by atoms with Crippen molar-refractivity contribution in [2.75, 3.05) is 6.61 Å². The van der Waals surface area contributed by atoms with E-state index in [4.69, 9.17) is 18.9 Å². The monoisotopic (exact) mass is 562 g/mol. The zero-order chi connectivity index (χ0) is 29.5. The fourth-order valence-electron chi connectivity index (χ4n) is 4.43. The van der Waals surface area contributed by atoms with Crippen LogP contribution < -0.4 is 0 Å². The van der Waals surface area contributed by atoms with E-state index in [-0.39, 0.29) is 28.1 Å². The van der Waals surface area contributed by atoms with Crippen LogP contribution in [-0.4, -0.2) is 52.4 Å². The number of benzene rings is 3. The standard InChI is InChI=1S/C31H22N4O7/c32-16-23-24(17-33)35(19-34-23)28-27(42-31(38)22-14-8-3-9-15-22)26(41-30(37)21-12-6-2-7-13-21)25(40-28)18-39-29(36)20-10-4-1-5-11-20/h1-15,19,25-28H,18H2/t25-,26-,27-,28-/m1/s1. The van der Waals surface area contributed by atoms with Gasteiger partial charge in [0.25, 0.3) is 0 Å². The Kier molecular flexibility index (Phi) is 8.33. The second-order valence-electron chi connectivity index (χ2n) is 9.07. The Hall–Kier alpha value is -5.78. The quantitative estimate of drug-likeness (QED) is 0.229. The lowest BCUT2D eigenvalue weighted by Crippen LogP contribution is -2.41. The smallest absolute Gasteiger partial charge is 0.338 e. The maximum Gasteiger partial charge on any atom is 0.338 e. The van der Waals surface area contributed by atoms with Crippen LogP contribution in [-0.2, 0) is 18.9 Å². The van der Waals surface area contributed by atoms with Crippen LogP contribution in [0, 0.1) is 22.7 Å². The summed E-state index contributed by atoms with van der Waals surface area (Å²) in [5.74, 6) is -2.15. The largest absolute Gasteiger partial charge is 0.459 e. The molecule has 208 valence electrons. The van der Waals surface area contributed by atoms with Crippen LogP contribution in [0.2, 0.25) is 0 Å². The molecule has 0 bridgehead atoms. The van der Waals surface area contributed by atoms with E-state index in [1.165, 1.54) is 10.9 Å². The molecule has 11 heteroatoms. The minimum atomic E-state index is -1.33. The molecule has 0 spiro atoms. The third kappa shape index (κ3) is 5.87. The van der Waals surface area contributed by atoms with E-state index in [9.17, 15) is 24.9 Å². The fraction of sp³-hybridized carbons (Fsp3) is 0.161. The Balaban J connectivity index is 1.51. The predicted octanol–water partition coefficient (Wildman–Crippen LogP) is 3.83. The van der Waals surface area contributed by atoms with Crippen LogP contribution in [0.25, 0.3) is 0 Å². The van der Waals surface area contributed by atoms with Crippen molar-refractivity contribution < 1.29 is 33.3 Å². The number of rotatable bonds is 8. The Morgan fingerprint density at radius 2 is 1.24 bits per heavy atom. The van der Waals surface area contributed by atoms with Crippen molar-refractivity contribution in [3.63, 3.8) is 0 Å². The van der Waals surface area contributed by atoms with Crippen molar-refractivity contribution in [3.8, 4) is 12.1 Å². The minimum absolute atomic E-state index is 0.154. The van der Waals surface area contributed by atoms with Crippen LogP contribution in [0.15, 0.2) is 97.3 Å². The van der Waals surface area contributed by atoms with Crippen LogP contribution in [0.3, 0.4) is 0 Å². The maximum absolute atomic E-state index is 13.2. The number of nitrogens with zero attached hydrogens (tertiary/aromatic N) is 4. The summed E-state index contributed by atoms with van der Waals surface area (Å²) in [5.41, 5.74) is 0.398. The molecule has 4 atom stereocenters. The van der Waals surface area contributed by atoms with Gasteiger partial charge in [-0.1, -0.05) is 54.6 Å². The first-order valence-electron chi connectivity index (χ1n) is 12.8. The highest BCUT2D eigenvalue weighted by molar-refractivity contribution is 5.91. The zero-order valence-electron chi connectivity index (χ0n) is 21.9. The lowest BCUT2D eigenvalue weighted by atomic mass is 10.1. The van der Waals surface area contributed by atoms with E-state index >= 15 is 0 Å². The number of esters is 3. The first kappa shape index (κ1) is 27.8. The first-order valence-corrected chi connectivity index (χ1v) is 12.8. The van der Waals surface area contributed by atoms with Gasteiger partial charge < -0.3 is 18.9 Å². The number of aromatic nitrogens is 2. The summed E-state index contributed by atoms with van der Waals surface area (Å²) >= 11 is 0. The molecule has 5 rings (SSSR count). The molecule has 0 unspecified atom stereocenters. The summed E-state index contributed by atoms with van der Waals surface area (Å²) in [6, 6.07) is 28.3. The van der Waals surface area contributed by atoms with Gasteiger partial charge in [0.1, 0.15) is 24.8 Å². The molecule has 0 radical (unpaired) electrons. The van der Waals surface area contributed by atoms with Gasteiger partial charge >= 0.3 is 17.9 Å². The van der Waals surface area contributed by atoms with Gasteiger partial charge in [0.15, 0.2) is 29.8 Å². The van der Waals surface area contributed by atoms with Crippen molar-refractivity contribution in [3.05, 3.63) is 125 Å². The van der Waals surface area contributed by atoms with E-state index in [1.54, 1.807) is 91.0 Å². The SMILES string of the molecule is N#Cc1ncn([C@@H]2O[C@H](COC(=O)c3ccccc3)[C@@H](OC(=O)c3ccccc3)[C@H]2OC(=O)c2ccccc2)c1C#N. The van der Waals surface area contributed by atoms with E-state index in [0.717, 1.165) is 0 Å². The normalized spacial score (nSPS) is 19.2. The molecule has 1 fully saturated rings. The van der Waals surface area contributed by atoms with Crippen molar-refractivity contribution in [1.29, 1.82) is 10.5 Å². The van der Waals surface area contributed by atoms with Crippen LogP contribution in [0.4, 0.5) is 0 Å². The molecule has 0 N–H and O–H groups in total. The number of carbonyl (C=O) groups is 3. The third-order valence-electron chi connectivity index (χ3n) is 6.46. The second-order valence-corrected chi connectivity index (χ2v) is 9.07. The highest BCUT2D eigenvalue weighted by atomic mass is 16.7. The molecule has 1 aliphatic heterocycles. The number of imidazole rings is 1. The summed E-state index contributed by atoms with van der Waals surface area (Å²) in [4.78, 5) is 43.1. The lowest BCUT2D eigenvalue weighted by molar-refractivity contribution is -0.0623. The van der Waals surface area contributed by atoms with Gasteiger partial charge in [-0.2, -0.15) is 10.5 Å². The van der Waals surface area contributed by atoms with Gasteiger partial charge in [-0.25, -0.2) is 19.4 Å². The van der Waals surface area contributed by atoms with Crippen molar-refractivity contribution in [2.24, 2.45) is 0 Å². The molecule has 11 nitrogen and oxygen atoms in total. The number of carbonyl (C=O) groups excluding carboxylic acids is 3. The molecule has 1 saturated heterocycles. The lowest BCUT2D eigenvalue weighted by Gasteiger charge is -2.25. The van der Waals surface area contributed by atoms with Crippen LogP contribution in [0.5, 0.6) is 0 Å². The van der Waals surface area contributed by atoms with Crippen molar-refractivity contribution >= 4 is 17.9 Å². The number of ether oxygens (including phenoxy) is 4. The topological polar surface area (TPSA) is 154 Å². The fourth-order valence-corrected chi connectivity index (χ4v) is 4.43. The van der Waals surface area contributed by atoms with Gasteiger partial charge in [0, 0.05) is 0 Å². The summed E-state index contributed by atoms with van der Waals surface area (Å²) in [6.07, 6.45) is -3.84. The van der Waals surface area contributed by atoms with E-state index < -0.39 is 49.1 Å². The summed E-state index contributed by atoms with van der Waals surface area (Å²) in [7, 11) is 0. The highest BCUT2D eigenvalue weighted by Gasteiger charge is 2.52. The molecule has 0 amide bonds. The Morgan fingerprint density at radius 3 is 1.74 bits per heavy atom. The number of hydrogen-bond donors (Lipinski definition) is 0. The third-order valence-corrected chi connectivity index (χ3v) is 6.46. The average molecular weight is 563 g/mol. The predicted molar refractivity (Wildman–Crippen MR) is 144 cm³/mol. The summed E-state index contributed by atoms with van der Waals surface area (Å²) in [6.45, 7) is -0.391.